The fourth-order valence-electron chi connectivity index (χ4n) is 2.80. The smallest absolute Gasteiger partial charge is 0.245 e. The molecule has 6 heteroatoms. The zero-order valence-electron chi connectivity index (χ0n) is 11.7. The van der Waals surface area contributed by atoms with Crippen molar-refractivity contribution in [2.24, 2.45) is 5.73 Å². The average molecular weight is 339 g/mol. The lowest BCUT2D eigenvalue weighted by Gasteiger charge is -2.39. The molecule has 2 aliphatic rings. The summed E-state index contributed by atoms with van der Waals surface area (Å²) in [6.45, 7) is 5.23. The Morgan fingerprint density at radius 3 is 2.85 bits per heavy atom. The molecular weight excluding hydrogens is 320 g/mol. The van der Waals surface area contributed by atoms with Gasteiger partial charge in [-0.1, -0.05) is 0 Å². The van der Waals surface area contributed by atoms with Gasteiger partial charge >= 0.3 is 0 Å². The molecule has 1 amide bonds. The highest BCUT2D eigenvalue weighted by Crippen LogP contribution is 2.38. The van der Waals surface area contributed by atoms with E-state index in [1.165, 1.54) is 0 Å². The Hall–Kier alpha value is -1.11. The third-order valence-corrected chi connectivity index (χ3v) is 4.93. The lowest BCUT2D eigenvalue weighted by molar-refractivity contribution is -0.116. The molecule has 2 aliphatic heterocycles. The number of piperazine rings is 1. The molecule has 1 saturated heterocycles. The number of benzene rings is 1. The lowest BCUT2D eigenvalue weighted by atomic mass is 10.1. The second-order valence-electron chi connectivity index (χ2n) is 5.63. The number of nitrogens with one attached hydrogen (secondary N) is 1. The fourth-order valence-corrected chi connectivity index (χ4v) is 3.42. The molecule has 2 unspecified atom stereocenters. The van der Waals surface area contributed by atoms with Crippen molar-refractivity contribution in [3.8, 4) is 0 Å². The summed E-state index contributed by atoms with van der Waals surface area (Å²) in [5.74, 6) is -0.129. The largest absolute Gasteiger partial charge is 0.368 e. The standard InChI is InChI=1S/C14H19BrN4O/c1-8-7-19(4-3-18(8)2)12-6-11-9(5-10(12)15)13(16)14(20)17-11/h5-6,8,13H,3-4,7,16H2,1-2H3,(H,17,20). The number of carbonyl (C=O) groups excluding carboxylic acids is 1. The van der Waals surface area contributed by atoms with Crippen LogP contribution in [0.3, 0.4) is 0 Å². The van der Waals surface area contributed by atoms with Gasteiger partial charge in [-0.3, -0.25) is 4.79 Å². The molecular formula is C14H19BrN4O. The summed E-state index contributed by atoms with van der Waals surface area (Å²) < 4.78 is 1.000. The number of nitrogens with two attached hydrogens (primary N) is 1. The van der Waals surface area contributed by atoms with Crippen LogP contribution in [-0.2, 0) is 4.79 Å². The van der Waals surface area contributed by atoms with E-state index in [0.29, 0.717) is 6.04 Å². The van der Waals surface area contributed by atoms with Crippen LogP contribution in [-0.4, -0.2) is 43.5 Å². The highest BCUT2D eigenvalue weighted by Gasteiger charge is 2.30. The first-order valence-electron chi connectivity index (χ1n) is 6.82. The van der Waals surface area contributed by atoms with Gasteiger partial charge in [-0.25, -0.2) is 0 Å². The molecule has 1 aromatic rings. The minimum absolute atomic E-state index is 0.129. The molecule has 1 aromatic carbocycles. The zero-order valence-corrected chi connectivity index (χ0v) is 13.3. The van der Waals surface area contributed by atoms with E-state index in [1.807, 2.05) is 12.1 Å². The summed E-state index contributed by atoms with van der Waals surface area (Å²) in [6.07, 6.45) is 0. The van der Waals surface area contributed by atoms with Crippen LogP contribution in [0, 0.1) is 0 Å². The number of fused-ring (bicyclic) bond motifs is 1. The number of anilines is 2. The summed E-state index contributed by atoms with van der Waals surface area (Å²) in [5.41, 5.74) is 8.71. The molecule has 2 atom stereocenters. The average Bonchev–Trinajstić information content (AvgIpc) is 2.68. The SMILES string of the molecule is CC1CN(c2cc3c(cc2Br)C(N)C(=O)N3)CCN1C. The first kappa shape index (κ1) is 13.9. The number of halogens is 1. The Morgan fingerprint density at radius 2 is 2.15 bits per heavy atom. The van der Waals surface area contributed by atoms with Gasteiger partial charge in [-0.2, -0.15) is 0 Å². The minimum atomic E-state index is -0.554. The Balaban J connectivity index is 1.92. The van der Waals surface area contributed by atoms with E-state index in [1.54, 1.807) is 0 Å². The van der Waals surface area contributed by atoms with Crippen LogP contribution in [0.5, 0.6) is 0 Å². The van der Waals surface area contributed by atoms with Gasteiger partial charge in [0.1, 0.15) is 6.04 Å². The molecule has 3 N–H and O–H groups in total. The van der Waals surface area contributed by atoms with Crippen LogP contribution < -0.4 is 16.0 Å². The molecule has 0 spiro atoms. The minimum Gasteiger partial charge on any atom is -0.368 e. The second kappa shape index (κ2) is 5.02. The van der Waals surface area contributed by atoms with Crippen LogP contribution in [0.1, 0.15) is 18.5 Å². The van der Waals surface area contributed by atoms with Gasteiger partial charge in [-0.15, -0.1) is 0 Å². The van der Waals surface area contributed by atoms with Crippen molar-refractivity contribution in [2.45, 2.75) is 19.0 Å². The highest BCUT2D eigenvalue weighted by molar-refractivity contribution is 9.10. The number of hydrogen-bond acceptors (Lipinski definition) is 4. The second-order valence-corrected chi connectivity index (χ2v) is 6.49. The molecule has 5 nitrogen and oxygen atoms in total. The Labute approximate surface area is 127 Å². The number of nitrogens with zero attached hydrogens (tertiary/aromatic N) is 2. The first-order valence-corrected chi connectivity index (χ1v) is 7.61. The van der Waals surface area contributed by atoms with Crippen LogP contribution in [0.2, 0.25) is 0 Å². The number of amides is 1. The van der Waals surface area contributed by atoms with Crippen LogP contribution in [0.15, 0.2) is 16.6 Å². The number of likely N-dealkylation sites (N-methyl/N-ethyl adjacent to an activating group) is 1. The summed E-state index contributed by atoms with van der Waals surface area (Å²) in [4.78, 5) is 16.4. The van der Waals surface area contributed by atoms with Gasteiger partial charge in [0.25, 0.3) is 0 Å². The Kier molecular flexibility index (Phi) is 3.48. The van der Waals surface area contributed by atoms with Gasteiger partial charge < -0.3 is 20.9 Å². The van der Waals surface area contributed by atoms with Gasteiger partial charge in [0.05, 0.1) is 5.69 Å². The highest BCUT2D eigenvalue weighted by atomic mass is 79.9. The van der Waals surface area contributed by atoms with Crippen molar-refractivity contribution in [1.29, 1.82) is 0 Å². The molecule has 1 fully saturated rings. The van der Waals surface area contributed by atoms with Crippen LogP contribution in [0.25, 0.3) is 0 Å². The summed E-state index contributed by atoms with van der Waals surface area (Å²) in [5, 5.41) is 2.85. The van der Waals surface area contributed by atoms with E-state index in [4.69, 9.17) is 5.73 Å². The number of rotatable bonds is 1. The normalized spacial score (nSPS) is 26.6. The van der Waals surface area contributed by atoms with Crippen molar-refractivity contribution in [3.05, 3.63) is 22.2 Å². The van der Waals surface area contributed by atoms with Crippen LogP contribution in [0.4, 0.5) is 11.4 Å². The van der Waals surface area contributed by atoms with E-state index >= 15 is 0 Å². The summed E-state index contributed by atoms with van der Waals surface area (Å²) >= 11 is 3.62. The van der Waals surface area contributed by atoms with Crippen molar-refractivity contribution >= 4 is 33.2 Å². The third kappa shape index (κ3) is 2.21. The van der Waals surface area contributed by atoms with Gasteiger partial charge in [-0.05, 0) is 42.0 Å². The molecule has 0 bridgehead atoms. The van der Waals surface area contributed by atoms with E-state index < -0.39 is 6.04 Å². The predicted octanol–water partition coefficient (Wildman–Crippen LogP) is 1.54. The molecule has 0 radical (unpaired) electrons. The quantitative estimate of drug-likeness (QED) is 0.815. The zero-order chi connectivity index (χ0) is 14.4. The van der Waals surface area contributed by atoms with Crippen molar-refractivity contribution in [1.82, 2.24) is 4.90 Å². The van der Waals surface area contributed by atoms with Gasteiger partial charge in [0, 0.05) is 41.4 Å². The van der Waals surface area contributed by atoms with Crippen LogP contribution >= 0.6 is 15.9 Å². The van der Waals surface area contributed by atoms with Crippen molar-refractivity contribution in [3.63, 3.8) is 0 Å². The maximum Gasteiger partial charge on any atom is 0.245 e. The van der Waals surface area contributed by atoms with Crippen molar-refractivity contribution < 1.29 is 4.79 Å². The Bertz CT molecular complexity index is 562. The maximum absolute atomic E-state index is 11.7. The van der Waals surface area contributed by atoms with E-state index in [2.05, 4.69) is 45.0 Å². The summed E-state index contributed by atoms with van der Waals surface area (Å²) in [6, 6.07) is 3.96. The lowest BCUT2D eigenvalue weighted by Crippen LogP contribution is -2.50. The molecule has 108 valence electrons. The topological polar surface area (TPSA) is 61.6 Å². The number of carbonyl (C=O) groups is 1. The molecule has 0 aliphatic carbocycles. The number of hydrogen-bond donors (Lipinski definition) is 2. The monoisotopic (exact) mass is 338 g/mol. The predicted molar refractivity (Wildman–Crippen MR) is 84.0 cm³/mol. The summed E-state index contributed by atoms with van der Waals surface area (Å²) in [7, 11) is 2.15. The molecule has 3 rings (SSSR count). The van der Waals surface area contributed by atoms with E-state index in [0.717, 1.165) is 41.0 Å². The first-order chi connectivity index (χ1) is 9.47. The van der Waals surface area contributed by atoms with Gasteiger partial charge in [0.15, 0.2) is 0 Å². The van der Waals surface area contributed by atoms with E-state index in [-0.39, 0.29) is 5.91 Å². The van der Waals surface area contributed by atoms with Gasteiger partial charge in [0.2, 0.25) is 5.91 Å². The fraction of sp³-hybridized carbons (Fsp3) is 0.500. The third-order valence-electron chi connectivity index (χ3n) is 4.29. The maximum atomic E-state index is 11.7. The van der Waals surface area contributed by atoms with Crippen molar-refractivity contribution in [2.75, 3.05) is 36.9 Å². The molecule has 20 heavy (non-hydrogen) atoms. The van der Waals surface area contributed by atoms with E-state index in [9.17, 15) is 4.79 Å². The molecule has 0 aromatic heterocycles. The molecule has 2 heterocycles. The molecule has 0 saturated carbocycles. The Morgan fingerprint density at radius 1 is 1.40 bits per heavy atom.